The number of para-hydroxylation sites is 1. The lowest BCUT2D eigenvalue weighted by molar-refractivity contribution is -0.268. The zero-order chi connectivity index (χ0) is 30.9. The zero-order valence-corrected chi connectivity index (χ0v) is 25.1. The Morgan fingerprint density at radius 2 is 1.42 bits per heavy atom. The number of imide groups is 1. The summed E-state index contributed by atoms with van der Waals surface area (Å²) in [5, 5.41) is 22.5. The minimum Gasteiger partial charge on any atom is -0.392 e. The van der Waals surface area contributed by atoms with Crippen molar-refractivity contribution in [3.8, 4) is 5.69 Å². The Balaban J connectivity index is 1.14. The van der Waals surface area contributed by atoms with Gasteiger partial charge in [-0.1, -0.05) is 85.4 Å². The third-order valence-electron chi connectivity index (χ3n) is 8.16. The third kappa shape index (κ3) is 5.55. The van der Waals surface area contributed by atoms with Gasteiger partial charge in [-0.3, -0.25) is 9.59 Å². The van der Waals surface area contributed by atoms with Crippen molar-refractivity contribution in [2.24, 2.45) is 5.92 Å². The highest BCUT2D eigenvalue weighted by Gasteiger charge is 2.40. The number of aliphatic hydroxyl groups is 1. The van der Waals surface area contributed by atoms with Gasteiger partial charge in [-0.05, 0) is 58.0 Å². The van der Waals surface area contributed by atoms with Crippen LogP contribution >= 0.6 is 11.8 Å². The molecule has 45 heavy (non-hydrogen) atoms. The minimum atomic E-state index is -0.712. The summed E-state index contributed by atoms with van der Waals surface area (Å²) in [5.41, 5.74) is 4.68. The second kappa shape index (κ2) is 12.4. The molecule has 3 heterocycles. The number of hydrogen-bond donors (Lipinski definition) is 1. The van der Waals surface area contributed by atoms with Gasteiger partial charge in [-0.15, -0.1) is 5.10 Å². The van der Waals surface area contributed by atoms with Gasteiger partial charge in [-0.2, -0.15) is 4.68 Å². The van der Waals surface area contributed by atoms with Crippen LogP contribution in [0.15, 0.2) is 108 Å². The number of thioether (sulfide) groups is 1. The maximum Gasteiger partial charge on any atom is 0.266 e. The molecule has 1 saturated heterocycles. The smallest absolute Gasteiger partial charge is 0.266 e. The summed E-state index contributed by atoms with van der Waals surface area (Å²) in [6.45, 7) is 2.06. The fraction of sp³-hybridized carbons (Fsp3) is 0.206. The molecular weight excluding hydrogens is 590 g/mol. The van der Waals surface area contributed by atoms with Crippen LogP contribution in [0.4, 0.5) is 5.69 Å². The van der Waals surface area contributed by atoms with E-state index in [1.807, 2.05) is 66.7 Å². The van der Waals surface area contributed by atoms with Gasteiger partial charge in [-0.25, -0.2) is 4.90 Å². The molecule has 0 aliphatic carbocycles. The summed E-state index contributed by atoms with van der Waals surface area (Å²) in [6.07, 6.45) is -1.26. The number of aliphatic hydroxyl groups excluding tert-OH is 1. The minimum absolute atomic E-state index is 0.0348. The van der Waals surface area contributed by atoms with Gasteiger partial charge in [0.15, 0.2) is 6.29 Å². The third-order valence-corrected chi connectivity index (χ3v) is 9.17. The van der Waals surface area contributed by atoms with Crippen molar-refractivity contribution in [1.82, 2.24) is 20.2 Å². The van der Waals surface area contributed by atoms with Gasteiger partial charge in [0, 0.05) is 17.2 Å². The van der Waals surface area contributed by atoms with Crippen molar-refractivity contribution >= 4 is 29.3 Å². The summed E-state index contributed by atoms with van der Waals surface area (Å²) in [7, 11) is 0. The maximum atomic E-state index is 13.0. The molecule has 1 N–H and O–H groups in total. The van der Waals surface area contributed by atoms with E-state index >= 15 is 0 Å². The van der Waals surface area contributed by atoms with Gasteiger partial charge in [0.25, 0.3) is 11.8 Å². The molecule has 7 rings (SSSR count). The van der Waals surface area contributed by atoms with Crippen LogP contribution in [-0.4, -0.2) is 49.0 Å². The van der Waals surface area contributed by atoms with E-state index in [9.17, 15) is 14.7 Å². The summed E-state index contributed by atoms with van der Waals surface area (Å²) in [5.74, 6) is -0.160. The van der Waals surface area contributed by atoms with Crippen molar-refractivity contribution in [2.75, 3.05) is 10.7 Å². The molecule has 0 spiro atoms. The number of carbonyl (C=O) groups is 2. The van der Waals surface area contributed by atoms with E-state index in [1.165, 1.54) is 16.7 Å². The van der Waals surface area contributed by atoms with E-state index in [0.717, 1.165) is 22.4 Å². The number of carbonyl (C=O) groups excluding carboxylic acids is 2. The van der Waals surface area contributed by atoms with Crippen LogP contribution in [0.3, 0.4) is 0 Å². The van der Waals surface area contributed by atoms with Gasteiger partial charge >= 0.3 is 0 Å². The Kier molecular flexibility index (Phi) is 7.99. The Hall–Kier alpha value is -4.68. The highest BCUT2D eigenvalue weighted by atomic mass is 32.2. The average molecular weight is 620 g/mol. The number of anilines is 1. The molecule has 4 unspecified atom stereocenters. The second-order valence-electron chi connectivity index (χ2n) is 10.9. The predicted octanol–water partition coefficient (Wildman–Crippen LogP) is 5.54. The first-order valence-corrected chi connectivity index (χ1v) is 15.6. The molecule has 11 heteroatoms. The first-order chi connectivity index (χ1) is 22.0. The first-order valence-electron chi connectivity index (χ1n) is 14.6. The van der Waals surface area contributed by atoms with E-state index in [1.54, 1.807) is 41.1 Å². The van der Waals surface area contributed by atoms with Crippen molar-refractivity contribution < 1.29 is 24.2 Å². The van der Waals surface area contributed by atoms with Crippen molar-refractivity contribution in [1.29, 1.82) is 0 Å². The average Bonchev–Trinajstić information content (AvgIpc) is 3.67. The molecule has 4 aromatic carbocycles. The number of tetrazole rings is 1. The van der Waals surface area contributed by atoms with Crippen LogP contribution in [0.25, 0.3) is 5.69 Å². The quantitative estimate of drug-likeness (QED) is 0.176. The number of ether oxygens (including phenoxy) is 2. The number of fused-ring (bicyclic) bond motifs is 1. The molecule has 0 radical (unpaired) electrons. The lowest BCUT2D eigenvalue weighted by atomic mass is 9.91. The van der Waals surface area contributed by atoms with Gasteiger partial charge in [0.05, 0.1) is 41.3 Å². The number of rotatable bonds is 8. The Morgan fingerprint density at radius 3 is 2.09 bits per heavy atom. The molecule has 1 fully saturated rings. The van der Waals surface area contributed by atoms with Crippen LogP contribution in [0.1, 0.15) is 56.7 Å². The lowest BCUT2D eigenvalue weighted by Gasteiger charge is -2.41. The molecule has 1 aromatic heterocycles. The highest BCUT2D eigenvalue weighted by Crippen LogP contribution is 2.43. The van der Waals surface area contributed by atoms with Crippen molar-refractivity contribution in [3.63, 3.8) is 0 Å². The number of aromatic nitrogens is 4. The van der Waals surface area contributed by atoms with E-state index in [0.29, 0.717) is 27.7 Å². The standard InChI is InChI=1S/C34H29N5O5S/c1-21-29(20-45-34-35-36-37-39(34)26-7-3-2-4-8-26)43-33(44-30(21)23-13-11-22(19-40)12-14-23)24-15-17-25(18-16-24)38-31(41)27-9-5-6-10-28(27)32(38)42/h2-18,21,29-30,33,40H,19-20H2,1H3. The zero-order valence-electron chi connectivity index (χ0n) is 24.3. The first kappa shape index (κ1) is 29.1. The summed E-state index contributed by atoms with van der Waals surface area (Å²) < 4.78 is 14.9. The lowest BCUT2D eigenvalue weighted by Crippen LogP contribution is -2.38. The van der Waals surface area contributed by atoms with E-state index in [2.05, 4.69) is 22.4 Å². The maximum absolute atomic E-state index is 13.0. The summed E-state index contributed by atoms with van der Waals surface area (Å²) >= 11 is 1.50. The molecule has 226 valence electrons. The van der Waals surface area contributed by atoms with Crippen LogP contribution in [0, 0.1) is 5.92 Å². The van der Waals surface area contributed by atoms with E-state index < -0.39 is 6.29 Å². The Morgan fingerprint density at radius 1 is 0.778 bits per heavy atom. The number of benzene rings is 4. The monoisotopic (exact) mass is 619 g/mol. The number of amides is 2. The summed E-state index contributed by atoms with van der Waals surface area (Å²) in [6, 6.07) is 31.4. The molecule has 0 bridgehead atoms. The predicted molar refractivity (Wildman–Crippen MR) is 167 cm³/mol. The fourth-order valence-electron chi connectivity index (χ4n) is 5.67. The van der Waals surface area contributed by atoms with E-state index in [-0.39, 0.29) is 36.5 Å². The fourth-order valence-corrected chi connectivity index (χ4v) is 6.72. The molecule has 0 saturated carbocycles. The van der Waals surface area contributed by atoms with Crippen molar-refractivity contribution in [3.05, 3.63) is 131 Å². The van der Waals surface area contributed by atoms with Gasteiger partial charge in [0.1, 0.15) is 0 Å². The summed E-state index contributed by atoms with van der Waals surface area (Å²) in [4.78, 5) is 27.2. The van der Waals surface area contributed by atoms with Gasteiger partial charge in [0.2, 0.25) is 5.16 Å². The molecular formula is C34H29N5O5S. The van der Waals surface area contributed by atoms with Crippen LogP contribution in [-0.2, 0) is 16.1 Å². The molecule has 4 atom stereocenters. The largest absolute Gasteiger partial charge is 0.392 e. The number of hydrogen-bond acceptors (Lipinski definition) is 9. The normalized spacial score (nSPS) is 21.2. The van der Waals surface area contributed by atoms with Crippen LogP contribution in [0.2, 0.25) is 0 Å². The van der Waals surface area contributed by atoms with Gasteiger partial charge < -0.3 is 14.6 Å². The highest BCUT2D eigenvalue weighted by molar-refractivity contribution is 7.99. The Bertz CT molecular complexity index is 1800. The molecule has 2 aliphatic heterocycles. The molecule has 2 amide bonds. The second-order valence-corrected chi connectivity index (χ2v) is 11.9. The van der Waals surface area contributed by atoms with Crippen LogP contribution in [0.5, 0.6) is 0 Å². The molecule has 5 aromatic rings. The topological polar surface area (TPSA) is 120 Å². The molecule has 10 nitrogen and oxygen atoms in total. The number of nitrogens with zero attached hydrogens (tertiary/aromatic N) is 5. The molecule has 2 aliphatic rings. The SMILES string of the molecule is CC1C(CSc2nnnn2-c2ccccc2)OC(c2ccc(N3C(=O)c4ccccc4C3=O)cc2)OC1c1ccc(CO)cc1. The van der Waals surface area contributed by atoms with Crippen LogP contribution < -0.4 is 4.90 Å². The van der Waals surface area contributed by atoms with Crippen molar-refractivity contribution in [2.45, 2.75) is 37.2 Å². The Labute approximate surface area is 263 Å². The van der Waals surface area contributed by atoms with E-state index in [4.69, 9.17) is 9.47 Å².